The minimum absolute atomic E-state index is 0.138. The fourth-order valence-electron chi connectivity index (χ4n) is 2.88. The van der Waals surface area contributed by atoms with Crippen molar-refractivity contribution in [2.45, 2.75) is 26.9 Å². The van der Waals surface area contributed by atoms with Gasteiger partial charge in [0.05, 0.1) is 18.4 Å². The quantitative estimate of drug-likeness (QED) is 0.706. The number of hydrogen-bond acceptors (Lipinski definition) is 5. The van der Waals surface area contributed by atoms with Crippen molar-refractivity contribution < 1.29 is 4.79 Å². The van der Waals surface area contributed by atoms with Crippen LogP contribution in [0.1, 0.15) is 27.7 Å². The van der Waals surface area contributed by atoms with Crippen LogP contribution in [0.3, 0.4) is 0 Å². The number of carbonyl (C=O) groups is 1. The molecule has 3 aromatic rings. The highest BCUT2D eigenvalue weighted by atomic mass is 16.2. The van der Waals surface area contributed by atoms with Crippen molar-refractivity contribution in [3.63, 3.8) is 0 Å². The fraction of sp³-hybridized carbons (Fsp3) is 0.312. The van der Waals surface area contributed by atoms with Crippen LogP contribution in [0.15, 0.2) is 30.5 Å². The van der Waals surface area contributed by atoms with Gasteiger partial charge in [0.2, 0.25) is 0 Å². The zero-order chi connectivity index (χ0) is 16.7. The lowest BCUT2D eigenvalue weighted by molar-refractivity contribution is 0.0700. The molecule has 0 N–H and O–H groups in total. The van der Waals surface area contributed by atoms with Crippen LogP contribution in [0.2, 0.25) is 0 Å². The average molecular weight is 323 g/mol. The second-order valence-electron chi connectivity index (χ2n) is 5.90. The SMILES string of the molecule is Cc1cccc(-n2ncc(C(=O)N3CCn4c(C)nnc4C3)n2)c1. The molecular weight excluding hydrogens is 306 g/mol. The van der Waals surface area contributed by atoms with Crippen LogP contribution in [0.25, 0.3) is 5.69 Å². The molecule has 0 saturated heterocycles. The number of aromatic nitrogens is 6. The number of rotatable bonds is 2. The molecule has 1 aliphatic heterocycles. The summed E-state index contributed by atoms with van der Waals surface area (Å²) in [5.41, 5.74) is 2.28. The van der Waals surface area contributed by atoms with Gasteiger partial charge in [-0.05, 0) is 31.5 Å². The lowest BCUT2D eigenvalue weighted by Gasteiger charge is -2.26. The highest BCUT2D eigenvalue weighted by Crippen LogP contribution is 2.15. The van der Waals surface area contributed by atoms with Crippen LogP contribution in [0.5, 0.6) is 0 Å². The molecule has 0 aliphatic carbocycles. The van der Waals surface area contributed by atoms with Crippen molar-refractivity contribution in [1.82, 2.24) is 34.7 Å². The molecule has 0 atom stereocenters. The number of benzene rings is 1. The zero-order valence-electron chi connectivity index (χ0n) is 13.5. The molecule has 122 valence electrons. The topological polar surface area (TPSA) is 81.7 Å². The molecule has 0 saturated carbocycles. The van der Waals surface area contributed by atoms with E-state index in [4.69, 9.17) is 0 Å². The summed E-state index contributed by atoms with van der Waals surface area (Å²) in [4.78, 5) is 15.9. The van der Waals surface area contributed by atoms with Crippen LogP contribution < -0.4 is 0 Å². The summed E-state index contributed by atoms with van der Waals surface area (Å²) < 4.78 is 2.04. The Hall–Kier alpha value is -3.03. The zero-order valence-corrected chi connectivity index (χ0v) is 13.5. The van der Waals surface area contributed by atoms with Crippen LogP contribution in [-0.2, 0) is 13.1 Å². The molecule has 1 aliphatic rings. The molecule has 1 aromatic carbocycles. The third-order valence-electron chi connectivity index (χ3n) is 4.17. The van der Waals surface area contributed by atoms with E-state index in [1.165, 1.54) is 11.0 Å². The van der Waals surface area contributed by atoms with Gasteiger partial charge in [-0.15, -0.1) is 15.3 Å². The third-order valence-corrected chi connectivity index (χ3v) is 4.17. The predicted molar refractivity (Wildman–Crippen MR) is 85.6 cm³/mol. The maximum atomic E-state index is 12.7. The van der Waals surface area contributed by atoms with Crippen molar-refractivity contribution >= 4 is 5.91 Å². The number of nitrogens with zero attached hydrogens (tertiary/aromatic N) is 7. The first-order chi connectivity index (χ1) is 11.6. The van der Waals surface area contributed by atoms with E-state index in [2.05, 4.69) is 20.4 Å². The van der Waals surface area contributed by atoms with Gasteiger partial charge in [-0.3, -0.25) is 4.79 Å². The average Bonchev–Trinajstić information content (AvgIpc) is 3.21. The Morgan fingerprint density at radius 2 is 2.04 bits per heavy atom. The summed E-state index contributed by atoms with van der Waals surface area (Å²) in [5.74, 6) is 1.54. The van der Waals surface area contributed by atoms with Crippen molar-refractivity contribution in [3.05, 3.63) is 53.4 Å². The number of hydrogen-bond donors (Lipinski definition) is 0. The first-order valence-corrected chi connectivity index (χ1v) is 7.79. The molecular formula is C16H17N7O. The molecule has 0 bridgehead atoms. The van der Waals surface area contributed by atoms with Crippen LogP contribution in [0, 0.1) is 13.8 Å². The standard InChI is InChI=1S/C16H17N7O/c1-11-4-3-5-13(8-11)23-17-9-14(20-23)16(24)21-6-7-22-12(2)18-19-15(22)10-21/h3-5,8-9H,6-7,10H2,1-2H3. The van der Waals surface area contributed by atoms with E-state index in [0.717, 1.165) is 22.9 Å². The van der Waals surface area contributed by atoms with Gasteiger partial charge in [-0.25, -0.2) is 0 Å². The first kappa shape index (κ1) is 14.6. The molecule has 0 radical (unpaired) electrons. The summed E-state index contributed by atoms with van der Waals surface area (Å²) >= 11 is 0. The first-order valence-electron chi connectivity index (χ1n) is 7.79. The summed E-state index contributed by atoms with van der Waals surface area (Å²) in [7, 11) is 0. The van der Waals surface area contributed by atoms with E-state index in [9.17, 15) is 4.79 Å². The largest absolute Gasteiger partial charge is 0.328 e. The van der Waals surface area contributed by atoms with Gasteiger partial charge in [-0.1, -0.05) is 12.1 Å². The number of carbonyl (C=O) groups excluding carboxylic acids is 1. The van der Waals surface area contributed by atoms with Gasteiger partial charge in [0.1, 0.15) is 5.82 Å². The molecule has 8 nitrogen and oxygen atoms in total. The van der Waals surface area contributed by atoms with Gasteiger partial charge >= 0.3 is 0 Å². The summed E-state index contributed by atoms with van der Waals surface area (Å²) in [5, 5.41) is 16.7. The number of aryl methyl sites for hydroxylation is 2. The van der Waals surface area contributed by atoms with Crippen LogP contribution >= 0.6 is 0 Å². The van der Waals surface area contributed by atoms with E-state index in [-0.39, 0.29) is 5.91 Å². The summed E-state index contributed by atoms with van der Waals surface area (Å²) in [6, 6.07) is 7.83. The summed E-state index contributed by atoms with van der Waals surface area (Å²) in [6.45, 7) is 5.68. The van der Waals surface area contributed by atoms with Crippen LogP contribution in [-0.4, -0.2) is 47.1 Å². The second-order valence-corrected chi connectivity index (χ2v) is 5.90. The fourth-order valence-corrected chi connectivity index (χ4v) is 2.88. The van der Waals surface area contributed by atoms with E-state index in [0.29, 0.717) is 25.3 Å². The van der Waals surface area contributed by atoms with E-state index >= 15 is 0 Å². The monoisotopic (exact) mass is 323 g/mol. The molecule has 0 fully saturated rings. The number of fused-ring (bicyclic) bond motifs is 1. The maximum Gasteiger partial charge on any atom is 0.276 e. The Morgan fingerprint density at radius 3 is 2.88 bits per heavy atom. The minimum Gasteiger partial charge on any atom is -0.328 e. The van der Waals surface area contributed by atoms with Gasteiger partial charge < -0.3 is 9.47 Å². The Kier molecular flexibility index (Phi) is 3.37. The van der Waals surface area contributed by atoms with Gasteiger partial charge in [0, 0.05) is 13.1 Å². The normalized spacial score (nSPS) is 13.8. The molecule has 3 heterocycles. The molecule has 24 heavy (non-hydrogen) atoms. The van der Waals surface area contributed by atoms with Gasteiger partial charge in [0.15, 0.2) is 11.5 Å². The molecule has 0 spiro atoms. The van der Waals surface area contributed by atoms with Crippen LogP contribution in [0.4, 0.5) is 0 Å². The van der Waals surface area contributed by atoms with Crippen molar-refractivity contribution in [2.75, 3.05) is 6.54 Å². The summed E-state index contributed by atoms with van der Waals surface area (Å²) in [6.07, 6.45) is 1.51. The van der Waals surface area contributed by atoms with Gasteiger partial charge in [0.25, 0.3) is 5.91 Å². The van der Waals surface area contributed by atoms with E-state index < -0.39 is 0 Å². The number of amides is 1. The molecule has 0 unspecified atom stereocenters. The van der Waals surface area contributed by atoms with Gasteiger partial charge in [-0.2, -0.15) is 9.90 Å². The highest BCUT2D eigenvalue weighted by Gasteiger charge is 2.26. The Morgan fingerprint density at radius 1 is 1.17 bits per heavy atom. The van der Waals surface area contributed by atoms with Crippen molar-refractivity contribution in [2.24, 2.45) is 0 Å². The molecule has 8 heteroatoms. The second kappa shape index (κ2) is 5.55. The van der Waals surface area contributed by atoms with E-state index in [1.54, 1.807) is 4.90 Å². The lowest BCUT2D eigenvalue weighted by Crippen LogP contribution is -2.38. The Balaban J connectivity index is 1.56. The molecule has 2 aromatic heterocycles. The smallest absolute Gasteiger partial charge is 0.276 e. The highest BCUT2D eigenvalue weighted by molar-refractivity contribution is 5.91. The Bertz CT molecular complexity index is 911. The minimum atomic E-state index is -0.138. The van der Waals surface area contributed by atoms with Crippen molar-refractivity contribution in [3.8, 4) is 5.69 Å². The molecule has 1 amide bonds. The lowest BCUT2D eigenvalue weighted by atomic mass is 10.2. The Labute approximate surface area is 138 Å². The molecule has 4 rings (SSSR count). The predicted octanol–water partition coefficient (Wildman–Crippen LogP) is 1.13. The van der Waals surface area contributed by atoms with Crippen molar-refractivity contribution in [1.29, 1.82) is 0 Å². The third kappa shape index (κ3) is 2.45. The van der Waals surface area contributed by atoms with E-state index in [1.807, 2.05) is 42.7 Å². The maximum absolute atomic E-state index is 12.7.